The normalized spacial score (nSPS) is 20.2. The van der Waals surface area contributed by atoms with Gasteiger partial charge < -0.3 is 4.79 Å². The molecule has 0 radical (unpaired) electrons. The van der Waals surface area contributed by atoms with E-state index in [0.717, 1.165) is 37.7 Å². The lowest BCUT2D eigenvalue weighted by Crippen LogP contribution is -2.39. The van der Waals surface area contributed by atoms with Crippen LogP contribution in [-0.4, -0.2) is 28.7 Å². The number of halogens is 1. The third kappa shape index (κ3) is 3.19. The van der Waals surface area contributed by atoms with Gasteiger partial charge in [0.05, 0.1) is 15.4 Å². The van der Waals surface area contributed by atoms with E-state index in [0.29, 0.717) is 11.0 Å². The molecule has 1 aliphatic heterocycles. The van der Waals surface area contributed by atoms with Gasteiger partial charge in [0, 0.05) is 12.6 Å². The van der Waals surface area contributed by atoms with Gasteiger partial charge in [-0.15, -0.1) is 0 Å². The maximum atomic E-state index is 11.1. The minimum absolute atomic E-state index is 0.0668. The van der Waals surface area contributed by atoms with E-state index in [-0.39, 0.29) is 11.7 Å². The SMILES string of the molecule is O=CC1CCCCN1Cc1cccc([N+](=O)[O-])c1Br. The number of aldehydes is 1. The average molecular weight is 327 g/mol. The Bertz CT molecular complexity index is 493. The van der Waals surface area contributed by atoms with Crippen LogP contribution in [0.4, 0.5) is 5.69 Å². The highest BCUT2D eigenvalue weighted by atomic mass is 79.9. The number of hydrogen-bond acceptors (Lipinski definition) is 4. The fourth-order valence-corrected chi connectivity index (χ4v) is 2.95. The number of hydrogen-bond donors (Lipinski definition) is 0. The van der Waals surface area contributed by atoms with Crippen LogP contribution in [0.1, 0.15) is 24.8 Å². The predicted octanol–water partition coefficient (Wildman–Crippen LogP) is 2.91. The molecule has 0 amide bonds. The number of carbonyl (C=O) groups excluding carboxylic acids is 1. The molecule has 102 valence electrons. The van der Waals surface area contributed by atoms with E-state index < -0.39 is 4.92 Å². The lowest BCUT2D eigenvalue weighted by atomic mass is 10.0. The summed E-state index contributed by atoms with van der Waals surface area (Å²) in [5.41, 5.74) is 0.917. The smallest absolute Gasteiger partial charge is 0.283 e. The van der Waals surface area contributed by atoms with E-state index in [1.165, 1.54) is 6.07 Å². The summed E-state index contributed by atoms with van der Waals surface area (Å²) in [6, 6.07) is 4.94. The molecule has 1 atom stereocenters. The van der Waals surface area contributed by atoms with Gasteiger partial charge in [0.15, 0.2) is 0 Å². The van der Waals surface area contributed by atoms with Gasteiger partial charge in [-0.25, -0.2) is 0 Å². The number of benzene rings is 1. The Kier molecular flexibility index (Phi) is 4.66. The van der Waals surface area contributed by atoms with Crippen molar-refractivity contribution in [2.45, 2.75) is 31.8 Å². The Labute approximate surface area is 119 Å². The van der Waals surface area contributed by atoms with Crippen LogP contribution in [0.15, 0.2) is 22.7 Å². The van der Waals surface area contributed by atoms with Crippen molar-refractivity contribution in [3.8, 4) is 0 Å². The third-order valence-corrected chi connectivity index (χ3v) is 4.37. The van der Waals surface area contributed by atoms with E-state index in [2.05, 4.69) is 20.8 Å². The van der Waals surface area contributed by atoms with Crippen molar-refractivity contribution in [1.82, 2.24) is 4.90 Å². The zero-order valence-electron chi connectivity index (χ0n) is 10.4. The van der Waals surface area contributed by atoms with Crippen molar-refractivity contribution in [2.75, 3.05) is 6.54 Å². The quantitative estimate of drug-likeness (QED) is 0.485. The van der Waals surface area contributed by atoms with Gasteiger partial charge in [-0.2, -0.15) is 0 Å². The van der Waals surface area contributed by atoms with E-state index >= 15 is 0 Å². The van der Waals surface area contributed by atoms with Crippen LogP contribution in [0.3, 0.4) is 0 Å². The monoisotopic (exact) mass is 326 g/mol. The first-order chi connectivity index (χ1) is 9.13. The van der Waals surface area contributed by atoms with E-state index in [1.54, 1.807) is 6.07 Å². The molecule has 1 heterocycles. The number of likely N-dealkylation sites (tertiary alicyclic amines) is 1. The molecule has 19 heavy (non-hydrogen) atoms. The van der Waals surface area contributed by atoms with Crippen molar-refractivity contribution >= 4 is 27.9 Å². The zero-order chi connectivity index (χ0) is 13.8. The topological polar surface area (TPSA) is 63.5 Å². The molecule has 1 unspecified atom stereocenters. The summed E-state index contributed by atoms with van der Waals surface area (Å²) in [6.45, 7) is 1.42. The van der Waals surface area contributed by atoms with Crippen molar-refractivity contribution in [2.24, 2.45) is 0 Å². The second-order valence-corrected chi connectivity index (χ2v) is 5.47. The molecule has 0 saturated carbocycles. The summed E-state index contributed by atoms with van der Waals surface area (Å²) in [5, 5.41) is 10.9. The minimum atomic E-state index is -0.402. The van der Waals surface area contributed by atoms with Gasteiger partial charge >= 0.3 is 0 Å². The second kappa shape index (κ2) is 6.25. The number of nitro groups is 1. The average Bonchev–Trinajstić information content (AvgIpc) is 2.41. The Morgan fingerprint density at radius 2 is 2.26 bits per heavy atom. The Hall–Kier alpha value is -1.27. The zero-order valence-corrected chi connectivity index (χ0v) is 12.0. The predicted molar refractivity (Wildman–Crippen MR) is 74.9 cm³/mol. The summed E-state index contributed by atoms with van der Waals surface area (Å²) >= 11 is 3.29. The Morgan fingerprint density at radius 1 is 1.47 bits per heavy atom. The highest BCUT2D eigenvalue weighted by molar-refractivity contribution is 9.10. The van der Waals surface area contributed by atoms with Crippen molar-refractivity contribution in [3.05, 3.63) is 38.3 Å². The molecule has 1 aromatic carbocycles. The first-order valence-corrected chi connectivity index (χ1v) is 7.04. The van der Waals surface area contributed by atoms with Crippen LogP contribution in [0.5, 0.6) is 0 Å². The molecule has 2 rings (SSSR count). The second-order valence-electron chi connectivity index (χ2n) is 4.68. The van der Waals surface area contributed by atoms with Crippen LogP contribution < -0.4 is 0 Å². The van der Waals surface area contributed by atoms with Crippen LogP contribution in [0, 0.1) is 10.1 Å². The van der Waals surface area contributed by atoms with Gasteiger partial charge in [-0.1, -0.05) is 18.6 Å². The number of nitro benzene ring substituents is 1. The lowest BCUT2D eigenvalue weighted by molar-refractivity contribution is -0.385. The molecule has 6 heteroatoms. The van der Waals surface area contributed by atoms with Gasteiger partial charge in [-0.3, -0.25) is 15.0 Å². The number of piperidine rings is 1. The summed E-state index contributed by atoms with van der Waals surface area (Å²) in [7, 11) is 0. The standard InChI is InChI=1S/C13H15BrN2O3/c14-13-10(4-3-6-12(13)16(18)19)8-15-7-2-1-5-11(15)9-17/h3-4,6,9,11H,1-2,5,7-8H2. The van der Waals surface area contributed by atoms with Crippen LogP contribution in [-0.2, 0) is 11.3 Å². The molecule has 5 nitrogen and oxygen atoms in total. The van der Waals surface area contributed by atoms with Crippen molar-refractivity contribution in [3.63, 3.8) is 0 Å². The number of nitrogens with zero attached hydrogens (tertiary/aromatic N) is 2. The lowest BCUT2D eigenvalue weighted by Gasteiger charge is -2.32. The van der Waals surface area contributed by atoms with Crippen LogP contribution in [0.2, 0.25) is 0 Å². The molecular weight excluding hydrogens is 312 g/mol. The molecule has 1 fully saturated rings. The maximum Gasteiger partial charge on any atom is 0.283 e. The minimum Gasteiger partial charge on any atom is -0.302 e. The molecule has 0 aromatic heterocycles. The molecule has 0 bridgehead atoms. The molecule has 1 aromatic rings. The fourth-order valence-electron chi connectivity index (χ4n) is 2.42. The number of rotatable bonds is 4. The molecule has 0 aliphatic carbocycles. The fraction of sp³-hybridized carbons (Fsp3) is 0.462. The first kappa shape index (κ1) is 14.1. The van der Waals surface area contributed by atoms with Gasteiger partial charge in [0.2, 0.25) is 0 Å². The van der Waals surface area contributed by atoms with Crippen LogP contribution in [0.25, 0.3) is 0 Å². The molecule has 1 saturated heterocycles. The molecule has 0 N–H and O–H groups in total. The summed E-state index contributed by atoms with van der Waals surface area (Å²) in [4.78, 5) is 23.6. The van der Waals surface area contributed by atoms with Gasteiger partial charge in [0.1, 0.15) is 6.29 Å². The molecule has 1 aliphatic rings. The number of carbonyl (C=O) groups is 1. The largest absolute Gasteiger partial charge is 0.302 e. The highest BCUT2D eigenvalue weighted by Crippen LogP contribution is 2.30. The summed E-state index contributed by atoms with van der Waals surface area (Å²) in [5.74, 6) is 0. The third-order valence-electron chi connectivity index (χ3n) is 3.45. The van der Waals surface area contributed by atoms with E-state index in [4.69, 9.17) is 0 Å². The van der Waals surface area contributed by atoms with Crippen molar-refractivity contribution in [1.29, 1.82) is 0 Å². The van der Waals surface area contributed by atoms with Gasteiger partial charge in [0.25, 0.3) is 5.69 Å². The van der Waals surface area contributed by atoms with E-state index in [1.807, 2.05) is 6.07 Å². The molecule has 0 spiro atoms. The molecular formula is C13H15BrN2O3. The Balaban J connectivity index is 2.20. The maximum absolute atomic E-state index is 11.1. The van der Waals surface area contributed by atoms with Crippen LogP contribution >= 0.6 is 15.9 Å². The van der Waals surface area contributed by atoms with Crippen molar-refractivity contribution < 1.29 is 9.72 Å². The van der Waals surface area contributed by atoms with Gasteiger partial charge in [-0.05, 0) is 40.9 Å². The summed E-state index contributed by atoms with van der Waals surface area (Å²) < 4.78 is 0.509. The first-order valence-electron chi connectivity index (χ1n) is 6.24. The Morgan fingerprint density at radius 3 is 2.95 bits per heavy atom. The van der Waals surface area contributed by atoms with E-state index in [9.17, 15) is 14.9 Å². The highest BCUT2D eigenvalue weighted by Gasteiger charge is 2.24. The summed E-state index contributed by atoms with van der Waals surface area (Å²) in [6.07, 6.45) is 3.98.